The molecule has 1 aliphatic rings. The predicted octanol–water partition coefficient (Wildman–Crippen LogP) is 4.00. The SMILES string of the molecule is COC(=O)CCCCOc1ccc2c(c1)CCN=C2Cc1ccccc1. The van der Waals surface area contributed by atoms with Crippen LogP contribution in [0.2, 0.25) is 0 Å². The second-order valence-corrected chi connectivity index (χ2v) is 6.44. The van der Waals surface area contributed by atoms with E-state index in [1.165, 1.54) is 23.8 Å². The van der Waals surface area contributed by atoms with E-state index in [-0.39, 0.29) is 5.97 Å². The number of hydrogen-bond donors (Lipinski definition) is 0. The van der Waals surface area contributed by atoms with Gasteiger partial charge >= 0.3 is 5.97 Å². The Hall–Kier alpha value is -2.62. The minimum Gasteiger partial charge on any atom is -0.494 e. The number of methoxy groups -OCH3 is 1. The molecule has 0 atom stereocenters. The second-order valence-electron chi connectivity index (χ2n) is 6.44. The lowest BCUT2D eigenvalue weighted by molar-refractivity contribution is -0.140. The van der Waals surface area contributed by atoms with Crippen LogP contribution in [0.1, 0.15) is 36.0 Å². The zero-order valence-electron chi connectivity index (χ0n) is 15.2. The number of aliphatic imine (C=N–C) groups is 1. The summed E-state index contributed by atoms with van der Waals surface area (Å²) in [6.07, 6.45) is 3.89. The molecule has 0 N–H and O–H groups in total. The topological polar surface area (TPSA) is 47.9 Å². The van der Waals surface area contributed by atoms with Crippen LogP contribution < -0.4 is 4.74 Å². The number of unbranched alkanes of at least 4 members (excludes halogenated alkanes) is 1. The summed E-state index contributed by atoms with van der Waals surface area (Å²) in [7, 11) is 1.42. The van der Waals surface area contributed by atoms with Crippen LogP contribution >= 0.6 is 0 Å². The third-order valence-corrected chi connectivity index (χ3v) is 4.56. The van der Waals surface area contributed by atoms with E-state index in [1.54, 1.807) is 0 Å². The molecule has 2 aromatic carbocycles. The van der Waals surface area contributed by atoms with Crippen molar-refractivity contribution >= 4 is 11.7 Å². The highest BCUT2D eigenvalue weighted by Gasteiger charge is 2.15. The van der Waals surface area contributed by atoms with Crippen LogP contribution in [0.4, 0.5) is 0 Å². The number of ether oxygens (including phenoxy) is 2. The van der Waals surface area contributed by atoms with E-state index in [0.717, 1.165) is 43.7 Å². The number of carbonyl (C=O) groups excluding carboxylic acids is 1. The van der Waals surface area contributed by atoms with Gasteiger partial charge in [-0.15, -0.1) is 0 Å². The molecule has 26 heavy (non-hydrogen) atoms. The van der Waals surface area contributed by atoms with Gasteiger partial charge in [0.05, 0.1) is 13.7 Å². The van der Waals surface area contributed by atoms with E-state index >= 15 is 0 Å². The zero-order valence-corrected chi connectivity index (χ0v) is 15.2. The van der Waals surface area contributed by atoms with Gasteiger partial charge in [-0.2, -0.15) is 0 Å². The van der Waals surface area contributed by atoms with Crippen molar-refractivity contribution in [3.8, 4) is 5.75 Å². The Kier molecular flexibility index (Phi) is 6.42. The van der Waals surface area contributed by atoms with Crippen molar-refractivity contribution in [2.75, 3.05) is 20.3 Å². The van der Waals surface area contributed by atoms with E-state index in [2.05, 4.69) is 41.1 Å². The molecule has 1 aliphatic heterocycles. The fraction of sp³-hybridized carbons (Fsp3) is 0.364. The van der Waals surface area contributed by atoms with Gasteiger partial charge in [0.1, 0.15) is 5.75 Å². The Bertz CT molecular complexity index is 768. The van der Waals surface area contributed by atoms with Gasteiger partial charge in [-0.05, 0) is 54.2 Å². The monoisotopic (exact) mass is 351 g/mol. The molecule has 2 aromatic rings. The molecule has 3 rings (SSSR count). The third-order valence-electron chi connectivity index (χ3n) is 4.56. The number of esters is 1. The van der Waals surface area contributed by atoms with Crippen LogP contribution in [0, 0.1) is 0 Å². The van der Waals surface area contributed by atoms with Crippen molar-refractivity contribution in [3.05, 3.63) is 65.2 Å². The molecular weight excluding hydrogens is 326 g/mol. The largest absolute Gasteiger partial charge is 0.494 e. The predicted molar refractivity (Wildman–Crippen MR) is 103 cm³/mol. The molecule has 0 bridgehead atoms. The number of fused-ring (bicyclic) bond motifs is 1. The van der Waals surface area contributed by atoms with Crippen LogP contribution in [-0.4, -0.2) is 31.9 Å². The molecule has 0 spiro atoms. The summed E-state index contributed by atoms with van der Waals surface area (Å²) in [5.41, 5.74) is 4.98. The summed E-state index contributed by atoms with van der Waals surface area (Å²) in [5.74, 6) is 0.729. The van der Waals surface area contributed by atoms with Crippen molar-refractivity contribution < 1.29 is 14.3 Å². The van der Waals surface area contributed by atoms with Crippen molar-refractivity contribution in [2.45, 2.75) is 32.1 Å². The Morgan fingerprint density at radius 2 is 1.96 bits per heavy atom. The van der Waals surface area contributed by atoms with Gasteiger partial charge < -0.3 is 9.47 Å². The minimum atomic E-state index is -0.163. The molecule has 4 heteroatoms. The molecule has 1 heterocycles. The molecule has 0 saturated heterocycles. The summed E-state index contributed by atoms with van der Waals surface area (Å²) < 4.78 is 10.5. The van der Waals surface area contributed by atoms with Gasteiger partial charge in [0.25, 0.3) is 0 Å². The molecule has 0 fully saturated rings. The molecule has 0 amide bonds. The summed E-state index contributed by atoms with van der Waals surface area (Å²) in [6.45, 7) is 1.44. The van der Waals surface area contributed by atoms with E-state index < -0.39 is 0 Å². The molecule has 0 saturated carbocycles. The summed E-state index contributed by atoms with van der Waals surface area (Å²) in [4.78, 5) is 15.8. The van der Waals surface area contributed by atoms with E-state index in [0.29, 0.717) is 13.0 Å². The first-order chi connectivity index (χ1) is 12.8. The van der Waals surface area contributed by atoms with Gasteiger partial charge in [0.15, 0.2) is 0 Å². The van der Waals surface area contributed by atoms with E-state index in [9.17, 15) is 4.79 Å². The molecule has 0 unspecified atom stereocenters. The Balaban J connectivity index is 1.57. The first-order valence-corrected chi connectivity index (χ1v) is 9.16. The maximum atomic E-state index is 11.1. The summed E-state index contributed by atoms with van der Waals surface area (Å²) >= 11 is 0. The molecule has 0 aromatic heterocycles. The van der Waals surface area contributed by atoms with Gasteiger partial charge in [0, 0.05) is 25.1 Å². The molecule has 0 radical (unpaired) electrons. The smallest absolute Gasteiger partial charge is 0.305 e. The van der Waals surface area contributed by atoms with Crippen molar-refractivity contribution in [1.29, 1.82) is 0 Å². The number of carbonyl (C=O) groups is 1. The molecular formula is C22H25NO3. The minimum absolute atomic E-state index is 0.163. The van der Waals surface area contributed by atoms with Crippen molar-refractivity contribution in [2.24, 2.45) is 4.99 Å². The maximum absolute atomic E-state index is 11.1. The first kappa shape index (κ1) is 18.2. The quantitative estimate of drug-likeness (QED) is 0.533. The fourth-order valence-electron chi connectivity index (χ4n) is 3.15. The van der Waals surface area contributed by atoms with Gasteiger partial charge in [-0.1, -0.05) is 30.3 Å². The molecule has 136 valence electrons. The zero-order chi connectivity index (χ0) is 18.2. The van der Waals surface area contributed by atoms with Crippen molar-refractivity contribution in [3.63, 3.8) is 0 Å². The number of nitrogens with zero attached hydrogens (tertiary/aromatic N) is 1. The van der Waals surface area contributed by atoms with Gasteiger partial charge in [-0.3, -0.25) is 9.79 Å². The maximum Gasteiger partial charge on any atom is 0.305 e. The first-order valence-electron chi connectivity index (χ1n) is 9.16. The molecule has 0 aliphatic carbocycles. The Morgan fingerprint density at radius 3 is 2.77 bits per heavy atom. The van der Waals surface area contributed by atoms with Gasteiger partial charge in [0.2, 0.25) is 0 Å². The number of rotatable bonds is 8. The van der Waals surface area contributed by atoms with Crippen LogP contribution in [0.5, 0.6) is 5.75 Å². The van der Waals surface area contributed by atoms with Crippen LogP contribution in [0.3, 0.4) is 0 Å². The Morgan fingerprint density at radius 1 is 1.12 bits per heavy atom. The van der Waals surface area contributed by atoms with E-state index in [1.807, 2.05) is 12.1 Å². The summed E-state index contributed by atoms with van der Waals surface area (Å²) in [6, 6.07) is 16.7. The van der Waals surface area contributed by atoms with Crippen LogP contribution in [0.15, 0.2) is 53.5 Å². The number of hydrogen-bond acceptors (Lipinski definition) is 4. The summed E-state index contributed by atoms with van der Waals surface area (Å²) in [5, 5.41) is 0. The van der Waals surface area contributed by atoms with E-state index in [4.69, 9.17) is 9.73 Å². The lowest BCUT2D eigenvalue weighted by Gasteiger charge is -2.18. The van der Waals surface area contributed by atoms with Crippen LogP contribution in [-0.2, 0) is 22.4 Å². The normalized spacial score (nSPS) is 12.9. The highest BCUT2D eigenvalue weighted by atomic mass is 16.5. The van der Waals surface area contributed by atoms with Crippen LogP contribution in [0.25, 0.3) is 0 Å². The molecule has 4 nitrogen and oxygen atoms in total. The number of benzene rings is 2. The lowest BCUT2D eigenvalue weighted by Crippen LogP contribution is -2.15. The highest BCUT2D eigenvalue weighted by Crippen LogP contribution is 2.24. The standard InChI is InChI=1S/C22H25NO3/c1-25-22(24)9-5-6-14-26-19-10-11-20-18(16-19)12-13-23-21(20)15-17-7-3-2-4-8-17/h2-4,7-8,10-11,16H,5-6,9,12-15H2,1H3. The van der Waals surface area contributed by atoms with Gasteiger partial charge in [-0.25, -0.2) is 0 Å². The average Bonchev–Trinajstić information content (AvgIpc) is 2.68. The second kappa shape index (κ2) is 9.18. The average molecular weight is 351 g/mol. The third kappa shape index (κ3) is 4.94. The Labute approximate surface area is 154 Å². The lowest BCUT2D eigenvalue weighted by atomic mass is 9.93. The van der Waals surface area contributed by atoms with Crippen molar-refractivity contribution in [1.82, 2.24) is 0 Å². The highest BCUT2D eigenvalue weighted by molar-refractivity contribution is 6.03. The fourth-order valence-corrected chi connectivity index (χ4v) is 3.15.